The molecule has 0 amide bonds. The van der Waals surface area contributed by atoms with E-state index in [1.807, 2.05) is 12.1 Å². The molecule has 7 nitrogen and oxygen atoms in total. The molecule has 32 heavy (non-hydrogen) atoms. The first kappa shape index (κ1) is 22.4. The first-order valence-electron chi connectivity index (χ1n) is 11.4. The summed E-state index contributed by atoms with van der Waals surface area (Å²) < 4.78 is 19.7. The Morgan fingerprint density at radius 2 is 1.97 bits per heavy atom. The Labute approximate surface area is 188 Å². The molecule has 0 saturated heterocycles. The van der Waals surface area contributed by atoms with Gasteiger partial charge in [0, 0.05) is 37.8 Å². The Kier molecular flexibility index (Phi) is 7.18. The Balaban J connectivity index is 1.37. The largest absolute Gasteiger partial charge is 0.383 e. The van der Waals surface area contributed by atoms with Gasteiger partial charge in [-0.05, 0) is 56.7 Å². The van der Waals surface area contributed by atoms with Crippen molar-refractivity contribution in [2.24, 2.45) is 5.41 Å². The van der Waals surface area contributed by atoms with Gasteiger partial charge in [0.15, 0.2) is 5.82 Å². The van der Waals surface area contributed by atoms with Gasteiger partial charge in [-0.3, -0.25) is 0 Å². The van der Waals surface area contributed by atoms with E-state index in [0.717, 1.165) is 51.7 Å². The molecule has 0 radical (unpaired) electrons. The average molecular weight is 439 g/mol. The zero-order chi connectivity index (χ0) is 22.4. The molecule has 0 bridgehead atoms. The summed E-state index contributed by atoms with van der Waals surface area (Å²) in [5.41, 5.74) is 0.697. The standard InChI is InChI=1S/C24H31FN6O/c1-32-12-11-27-17-5-7-18(8-6-17)30-23-13-19(20(25)14-28-23)21-3-2-4-22(31-21)29-16-24(15-26)9-10-24/h2-4,13-14,17-18,27H,5-12,16H2,1H3,(H,28,30)(H,29,31). The van der Waals surface area contributed by atoms with Gasteiger partial charge in [-0.15, -0.1) is 0 Å². The van der Waals surface area contributed by atoms with Crippen LogP contribution < -0.4 is 16.0 Å². The van der Waals surface area contributed by atoms with E-state index in [0.29, 0.717) is 41.5 Å². The van der Waals surface area contributed by atoms with Crippen LogP contribution in [0.5, 0.6) is 0 Å². The van der Waals surface area contributed by atoms with Crippen molar-refractivity contribution in [3.63, 3.8) is 0 Å². The van der Waals surface area contributed by atoms with Crippen LogP contribution in [0.25, 0.3) is 11.3 Å². The number of ether oxygens (including phenoxy) is 1. The van der Waals surface area contributed by atoms with E-state index >= 15 is 0 Å². The minimum atomic E-state index is -0.401. The van der Waals surface area contributed by atoms with Crippen LogP contribution >= 0.6 is 0 Å². The molecule has 0 unspecified atom stereocenters. The predicted molar refractivity (Wildman–Crippen MR) is 123 cm³/mol. The van der Waals surface area contributed by atoms with Crippen molar-refractivity contribution in [1.82, 2.24) is 15.3 Å². The SMILES string of the molecule is COCCNC1CCC(Nc2cc(-c3cccc(NCC4(C#N)CC4)n3)c(F)cn2)CC1. The van der Waals surface area contributed by atoms with Gasteiger partial charge in [0.05, 0.1) is 30.0 Å². The fourth-order valence-electron chi connectivity index (χ4n) is 4.15. The highest BCUT2D eigenvalue weighted by Gasteiger charge is 2.42. The summed E-state index contributed by atoms with van der Waals surface area (Å²) in [7, 11) is 1.72. The van der Waals surface area contributed by atoms with E-state index in [1.165, 1.54) is 6.20 Å². The fourth-order valence-corrected chi connectivity index (χ4v) is 4.15. The fraction of sp³-hybridized carbons (Fsp3) is 0.542. The molecule has 2 heterocycles. The first-order chi connectivity index (χ1) is 15.6. The van der Waals surface area contributed by atoms with Crippen LogP contribution in [0.2, 0.25) is 0 Å². The second-order valence-corrected chi connectivity index (χ2v) is 8.84. The zero-order valence-corrected chi connectivity index (χ0v) is 18.5. The number of anilines is 2. The van der Waals surface area contributed by atoms with Gasteiger partial charge < -0.3 is 20.7 Å². The molecular weight excluding hydrogens is 407 g/mol. The van der Waals surface area contributed by atoms with Crippen LogP contribution in [0.15, 0.2) is 30.5 Å². The van der Waals surface area contributed by atoms with E-state index in [2.05, 4.69) is 32.0 Å². The molecule has 2 saturated carbocycles. The Morgan fingerprint density at radius 1 is 1.19 bits per heavy atom. The van der Waals surface area contributed by atoms with E-state index in [9.17, 15) is 9.65 Å². The van der Waals surface area contributed by atoms with Crippen molar-refractivity contribution in [2.45, 2.75) is 50.6 Å². The van der Waals surface area contributed by atoms with Gasteiger partial charge in [-0.1, -0.05) is 6.07 Å². The molecule has 2 aliphatic rings. The summed E-state index contributed by atoms with van der Waals surface area (Å²) in [6.07, 6.45) is 7.34. The first-order valence-corrected chi connectivity index (χ1v) is 11.4. The Morgan fingerprint density at radius 3 is 2.69 bits per heavy atom. The summed E-state index contributed by atoms with van der Waals surface area (Å²) in [4.78, 5) is 8.82. The second kappa shape index (κ2) is 10.2. The maximum atomic E-state index is 14.6. The third kappa shape index (κ3) is 5.72. The van der Waals surface area contributed by atoms with Crippen LogP contribution in [0, 0.1) is 22.6 Å². The lowest BCUT2D eigenvalue weighted by molar-refractivity contribution is 0.191. The molecule has 2 fully saturated rings. The summed E-state index contributed by atoms with van der Waals surface area (Å²) in [6, 6.07) is 10.4. The number of methoxy groups -OCH3 is 1. The van der Waals surface area contributed by atoms with Crippen molar-refractivity contribution in [3.8, 4) is 17.3 Å². The molecule has 2 aliphatic carbocycles. The monoisotopic (exact) mass is 438 g/mol. The second-order valence-electron chi connectivity index (χ2n) is 8.84. The number of nitriles is 1. The van der Waals surface area contributed by atoms with Crippen LogP contribution in [0.1, 0.15) is 38.5 Å². The minimum Gasteiger partial charge on any atom is -0.383 e. The third-order valence-corrected chi connectivity index (χ3v) is 6.40. The van der Waals surface area contributed by atoms with E-state index < -0.39 is 5.82 Å². The van der Waals surface area contributed by atoms with Gasteiger partial charge in [-0.2, -0.15) is 5.26 Å². The lowest BCUT2D eigenvalue weighted by Crippen LogP contribution is -2.38. The molecule has 2 aromatic rings. The number of hydrogen-bond acceptors (Lipinski definition) is 7. The average Bonchev–Trinajstić information content (AvgIpc) is 3.61. The molecule has 0 aliphatic heterocycles. The molecule has 4 rings (SSSR count). The maximum Gasteiger partial charge on any atom is 0.151 e. The highest BCUT2D eigenvalue weighted by atomic mass is 19.1. The lowest BCUT2D eigenvalue weighted by atomic mass is 9.91. The van der Waals surface area contributed by atoms with Crippen LogP contribution in [0.3, 0.4) is 0 Å². The van der Waals surface area contributed by atoms with E-state index in [1.54, 1.807) is 19.2 Å². The van der Waals surface area contributed by atoms with Crippen LogP contribution in [-0.2, 0) is 4.74 Å². The van der Waals surface area contributed by atoms with Crippen molar-refractivity contribution in [2.75, 3.05) is 37.4 Å². The quantitative estimate of drug-likeness (QED) is 0.483. The number of pyridine rings is 2. The number of aromatic nitrogens is 2. The summed E-state index contributed by atoms with van der Waals surface area (Å²) in [6.45, 7) is 2.17. The smallest absolute Gasteiger partial charge is 0.151 e. The Bertz CT molecular complexity index is 950. The lowest BCUT2D eigenvalue weighted by Gasteiger charge is -2.30. The molecule has 170 valence electrons. The molecular formula is C24H31FN6O. The van der Waals surface area contributed by atoms with Gasteiger partial charge in [0.2, 0.25) is 0 Å². The van der Waals surface area contributed by atoms with Crippen molar-refractivity contribution >= 4 is 11.6 Å². The third-order valence-electron chi connectivity index (χ3n) is 6.40. The number of hydrogen-bond donors (Lipinski definition) is 3. The highest BCUT2D eigenvalue weighted by molar-refractivity contribution is 5.65. The number of nitrogens with one attached hydrogen (secondary N) is 3. The molecule has 2 aromatic heterocycles. The molecule has 8 heteroatoms. The zero-order valence-electron chi connectivity index (χ0n) is 18.5. The molecule has 3 N–H and O–H groups in total. The molecule has 0 atom stereocenters. The topological polar surface area (TPSA) is 94.9 Å². The van der Waals surface area contributed by atoms with Gasteiger partial charge in [0.25, 0.3) is 0 Å². The summed E-state index contributed by atoms with van der Waals surface area (Å²) >= 11 is 0. The predicted octanol–water partition coefficient (Wildman–Crippen LogP) is 3.96. The van der Waals surface area contributed by atoms with E-state index in [4.69, 9.17) is 4.74 Å². The van der Waals surface area contributed by atoms with Gasteiger partial charge >= 0.3 is 0 Å². The summed E-state index contributed by atoms with van der Waals surface area (Å²) in [5.74, 6) is 0.912. The number of rotatable bonds is 10. The van der Waals surface area contributed by atoms with Crippen molar-refractivity contribution in [3.05, 3.63) is 36.3 Å². The van der Waals surface area contributed by atoms with Gasteiger partial charge in [0.1, 0.15) is 11.6 Å². The highest BCUT2D eigenvalue weighted by Crippen LogP contribution is 2.44. The van der Waals surface area contributed by atoms with Gasteiger partial charge in [-0.25, -0.2) is 14.4 Å². The summed E-state index contributed by atoms with van der Waals surface area (Å²) in [5, 5.41) is 19.5. The van der Waals surface area contributed by atoms with Crippen molar-refractivity contribution in [1.29, 1.82) is 5.26 Å². The number of nitrogens with zero attached hydrogens (tertiary/aromatic N) is 3. The Hall–Kier alpha value is -2.76. The van der Waals surface area contributed by atoms with Crippen LogP contribution in [0.4, 0.5) is 16.0 Å². The normalized spacial score (nSPS) is 21.5. The van der Waals surface area contributed by atoms with E-state index in [-0.39, 0.29) is 5.41 Å². The van der Waals surface area contributed by atoms with Crippen molar-refractivity contribution < 1.29 is 9.13 Å². The van der Waals surface area contributed by atoms with Crippen LogP contribution in [-0.4, -0.2) is 48.9 Å². The minimum absolute atomic E-state index is 0.269. The molecule has 0 aromatic carbocycles. The molecule has 0 spiro atoms. The maximum absolute atomic E-state index is 14.6. The number of halogens is 1.